The van der Waals surface area contributed by atoms with Crippen molar-refractivity contribution in [1.29, 1.82) is 0 Å². The number of hydrogen-bond donors (Lipinski definition) is 1. The quantitative estimate of drug-likeness (QED) is 0.672. The van der Waals surface area contributed by atoms with Gasteiger partial charge in [0, 0.05) is 6.07 Å². The SMILES string of the molecule is Cc1cc(Cl)c([N+](=O)[O-])cc1NC(=O)OCc1ccccc1. The van der Waals surface area contributed by atoms with E-state index in [9.17, 15) is 14.9 Å². The third-order valence-electron chi connectivity index (χ3n) is 2.94. The standard InChI is InChI=1S/C15H13ClN2O4/c1-10-7-12(16)14(18(20)21)8-13(10)17-15(19)22-9-11-5-3-2-4-6-11/h2-8H,9H2,1H3,(H,17,19). The number of carbonyl (C=O) groups is 1. The number of nitro groups is 1. The molecule has 2 aromatic carbocycles. The van der Waals surface area contributed by atoms with Gasteiger partial charge in [-0.15, -0.1) is 0 Å². The molecular weight excluding hydrogens is 308 g/mol. The zero-order valence-electron chi connectivity index (χ0n) is 11.7. The summed E-state index contributed by atoms with van der Waals surface area (Å²) in [5, 5.41) is 13.4. The molecule has 6 nitrogen and oxygen atoms in total. The first-order chi connectivity index (χ1) is 10.5. The minimum Gasteiger partial charge on any atom is -0.444 e. The Morgan fingerprint density at radius 3 is 2.64 bits per heavy atom. The van der Waals surface area contributed by atoms with E-state index >= 15 is 0 Å². The highest BCUT2D eigenvalue weighted by Gasteiger charge is 2.16. The Balaban J connectivity index is 2.05. The van der Waals surface area contributed by atoms with Crippen LogP contribution in [0.5, 0.6) is 0 Å². The van der Waals surface area contributed by atoms with Crippen LogP contribution in [-0.4, -0.2) is 11.0 Å². The van der Waals surface area contributed by atoms with E-state index in [0.29, 0.717) is 5.56 Å². The van der Waals surface area contributed by atoms with Gasteiger partial charge in [-0.25, -0.2) is 4.79 Å². The van der Waals surface area contributed by atoms with E-state index in [0.717, 1.165) is 5.56 Å². The summed E-state index contributed by atoms with van der Waals surface area (Å²) in [6, 6.07) is 11.8. The highest BCUT2D eigenvalue weighted by Crippen LogP contribution is 2.30. The van der Waals surface area contributed by atoms with Crippen LogP contribution in [0.2, 0.25) is 5.02 Å². The smallest absolute Gasteiger partial charge is 0.411 e. The average molecular weight is 321 g/mol. The summed E-state index contributed by atoms with van der Waals surface area (Å²) in [4.78, 5) is 22.0. The van der Waals surface area contributed by atoms with Gasteiger partial charge in [-0.3, -0.25) is 15.4 Å². The predicted octanol–water partition coefficient (Wildman–Crippen LogP) is 4.31. The van der Waals surface area contributed by atoms with Gasteiger partial charge in [-0.2, -0.15) is 0 Å². The van der Waals surface area contributed by atoms with Crippen LogP contribution < -0.4 is 5.32 Å². The number of aryl methyl sites for hydroxylation is 1. The third kappa shape index (κ3) is 3.95. The van der Waals surface area contributed by atoms with Crippen LogP contribution in [0.25, 0.3) is 0 Å². The van der Waals surface area contributed by atoms with Crippen molar-refractivity contribution in [2.45, 2.75) is 13.5 Å². The van der Waals surface area contributed by atoms with E-state index in [1.54, 1.807) is 6.92 Å². The Hall–Kier alpha value is -2.60. The lowest BCUT2D eigenvalue weighted by Gasteiger charge is -2.10. The fourth-order valence-electron chi connectivity index (χ4n) is 1.81. The number of ether oxygens (including phenoxy) is 1. The minimum absolute atomic E-state index is 0.0192. The molecule has 0 spiro atoms. The van der Waals surface area contributed by atoms with Crippen LogP contribution in [0, 0.1) is 17.0 Å². The monoisotopic (exact) mass is 320 g/mol. The fraction of sp³-hybridized carbons (Fsp3) is 0.133. The molecule has 0 aliphatic rings. The molecule has 22 heavy (non-hydrogen) atoms. The zero-order chi connectivity index (χ0) is 16.1. The van der Waals surface area contributed by atoms with E-state index < -0.39 is 11.0 Å². The summed E-state index contributed by atoms with van der Waals surface area (Å²) >= 11 is 5.79. The van der Waals surface area contributed by atoms with Crippen molar-refractivity contribution in [2.75, 3.05) is 5.32 Å². The van der Waals surface area contributed by atoms with Crippen LogP contribution >= 0.6 is 11.6 Å². The van der Waals surface area contributed by atoms with E-state index in [1.807, 2.05) is 30.3 Å². The number of anilines is 1. The first kappa shape index (κ1) is 15.8. The molecule has 0 saturated carbocycles. The van der Waals surface area contributed by atoms with Gasteiger partial charge in [0.1, 0.15) is 11.6 Å². The summed E-state index contributed by atoms with van der Waals surface area (Å²) in [6.07, 6.45) is -0.691. The molecule has 0 unspecified atom stereocenters. The fourth-order valence-corrected chi connectivity index (χ4v) is 2.09. The van der Waals surface area contributed by atoms with Crippen molar-refractivity contribution in [3.8, 4) is 0 Å². The van der Waals surface area contributed by atoms with Crippen molar-refractivity contribution in [1.82, 2.24) is 0 Å². The number of nitrogens with one attached hydrogen (secondary N) is 1. The molecule has 0 atom stereocenters. The number of carbonyl (C=O) groups excluding carboxylic acids is 1. The zero-order valence-corrected chi connectivity index (χ0v) is 12.5. The maximum Gasteiger partial charge on any atom is 0.411 e. The third-order valence-corrected chi connectivity index (χ3v) is 3.24. The van der Waals surface area contributed by atoms with Gasteiger partial charge < -0.3 is 4.74 Å². The number of hydrogen-bond acceptors (Lipinski definition) is 4. The van der Waals surface area contributed by atoms with E-state index in [-0.39, 0.29) is 23.0 Å². The van der Waals surface area contributed by atoms with Crippen LogP contribution in [0.4, 0.5) is 16.2 Å². The Morgan fingerprint density at radius 2 is 2.00 bits per heavy atom. The highest BCUT2D eigenvalue weighted by molar-refractivity contribution is 6.32. The summed E-state index contributed by atoms with van der Waals surface area (Å²) in [6.45, 7) is 1.80. The van der Waals surface area contributed by atoms with Crippen LogP contribution in [0.3, 0.4) is 0 Å². The second-order valence-electron chi connectivity index (χ2n) is 4.56. The Labute approximate surface area is 131 Å². The molecule has 1 N–H and O–H groups in total. The summed E-state index contributed by atoms with van der Waals surface area (Å²) in [7, 11) is 0. The van der Waals surface area contributed by atoms with Gasteiger partial charge in [-0.05, 0) is 24.1 Å². The molecule has 0 aliphatic carbocycles. The topological polar surface area (TPSA) is 81.5 Å². The van der Waals surface area contributed by atoms with Gasteiger partial charge >= 0.3 is 6.09 Å². The predicted molar refractivity (Wildman–Crippen MR) is 83.1 cm³/mol. The van der Waals surface area contributed by atoms with E-state index in [1.165, 1.54) is 12.1 Å². The summed E-state index contributed by atoms with van der Waals surface area (Å²) < 4.78 is 5.06. The summed E-state index contributed by atoms with van der Waals surface area (Å²) in [5.41, 5.74) is 1.46. The maximum atomic E-state index is 11.8. The lowest BCUT2D eigenvalue weighted by Crippen LogP contribution is -2.14. The van der Waals surface area contributed by atoms with Crippen molar-refractivity contribution >= 4 is 29.1 Å². The second kappa shape index (κ2) is 6.91. The van der Waals surface area contributed by atoms with Gasteiger partial charge in [0.05, 0.1) is 10.6 Å². The molecule has 0 bridgehead atoms. The number of rotatable bonds is 4. The van der Waals surface area contributed by atoms with E-state index in [4.69, 9.17) is 16.3 Å². The normalized spacial score (nSPS) is 10.1. The van der Waals surface area contributed by atoms with Crippen molar-refractivity contribution in [3.05, 3.63) is 68.7 Å². The van der Waals surface area contributed by atoms with Gasteiger partial charge in [0.15, 0.2) is 0 Å². The molecule has 0 fully saturated rings. The van der Waals surface area contributed by atoms with Crippen molar-refractivity contribution in [3.63, 3.8) is 0 Å². The largest absolute Gasteiger partial charge is 0.444 e. The Bertz CT molecular complexity index is 704. The number of nitro benzene ring substituents is 1. The van der Waals surface area contributed by atoms with Crippen LogP contribution in [0.1, 0.15) is 11.1 Å². The molecule has 114 valence electrons. The molecule has 0 saturated heterocycles. The van der Waals surface area contributed by atoms with Crippen LogP contribution in [0.15, 0.2) is 42.5 Å². The first-order valence-electron chi connectivity index (χ1n) is 6.39. The molecule has 2 aromatic rings. The van der Waals surface area contributed by atoms with Crippen molar-refractivity contribution in [2.24, 2.45) is 0 Å². The number of halogens is 1. The Morgan fingerprint density at radius 1 is 1.32 bits per heavy atom. The number of amides is 1. The molecule has 0 heterocycles. The highest BCUT2D eigenvalue weighted by atomic mass is 35.5. The minimum atomic E-state index is -0.691. The van der Waals surface area contributed by atoms with Crippen LogP contribution in [-0.2, 0) is 11.3 Å². The molecule has 1 amide bonds. The number of benzene rings is 2. The molecule has 0 radical (unpaired) electrons. The number of nitrogens with zero attached hydrogens (tertiary/aromatic N) is 1. The molecular formula is C15H13ClN2O4. The van der Waals surface area contributed by atoms with Crippen molar-refractivity contribution < 1.29 is 14.5 Å². The first-order valence-corrected chi connectivity index (χ1v) is 6.77. The second-order valence-corrected chi connectivity index (χ2v) is 4.97. The molecule has 0 aliphatic heterocycles. The van der Waals surface area contributed by atoms with Gasteiger partial charge in [0.2, 0.25) is 0 Å². The molecule has 7 heteroatoms. The van der Waals surface area contributed by atoms with Gasteiger partial charge in [0.25, 0.3) is 5.69 Å². The van der Waals surface area contributed by atoms with Gasteiger partial charge in [-0.1, -0.05) is 41.9 Å². The molecule has 2 rings (SSSR count). The lowest BCUT2D eigenvalue weighted by molar-refractivity contribution is -0.384. The lowest BCUT2D eigenvalue weighted by atomic mass is 10.2. The Kier molecular flexibility index (Phi) is 4.95. The average Bonchev–Trinajstić information content (AvgIpc) is 2.48. The maximum absolute atomic E-state index is 11.8. The molecule has 0 aromatic heterocycles. The van der Waals surface area contributed by atoms with E-state index in [2.05, 4.69) is 5.32 Å². The summed E-state index contributed by atoms with van der Waals surface area (Å²) in [5.74, 6) is 0.